The highest BCUT2D eigenvalue weighted by Crippen LogP contribution is 2.15. The molecule has 0 fully saturated rings. The number of nitrogens with zero attached hydrogens (tertiary/aromatic N) is 2. The molecule has 8 heteroatoms. The van der Waals surface area contributed by atoms with Gasteiger partial charge in [0.15, 0.2) is 0 Å². The van der Waals surface area contributed by atoms with Gasteiger partial charge in [-0.2, -0.15) is 5.11 Å². The Hall–Kier alpha value is -2.77. The van der Waals surface area contributed by atoms with E-state index in [4.69, 9.17) is 10.3 Å². The van der Waals surface area contributed by atoms with Crippen molar-refractivity contribution < 1.29 is 14.3 Å². The topological polar surface area (TPSA) is 116 Å². The molecule has 0 radical (unpaired) electrons. The second-order valence-electron chi connectivity index (χ2n) is 6.47. The van der Waals surface area contributed by atoms with Crippen molar-refractivity contribution in [2.45, 2.75) is 45.4 Å². The summed E-state index contributed by atoms with van der Waals surface area (Å²) in [6.07, 6.45) is 0.281. The van der Waals surface area contributed by atoms with Crippen LogP contribution in [0.4, 0.5) is 4.79 Å². The third kappa shape index (κ3) is 5.94. The van der Waals surface area contributed by atoms with E-state index >= 15 is 0 Å². The number of benzene rings is 1. The van der Waals surface area contributed by atoms with E-state index in [0.29, 0.717) is 25.2 Å². The van der Waals surface area contributed by atoms with Crippen LogP contribution in [0.15, 0.2) is 40.4 Å². The Morgan fingerprint density at radius 3 is 2.73 bits per heavy atom. The van der Waals surface area contributed by atoms with E-state index in [1.165, 1.54) is 0 Å². The number of rotatable bonds is 9. The quantitative estimate of drug-likeness (QED) is 0.588. The van der Waals surface area contributed by atoms with Crippen LogP contribution in [-0.4, -0.2) is 36.5 Å². The number of hydrogen-bond donors (Lipinski definition) is 3. The van der Waals surface area contributed by atoms with Crippen LogP contribution in [0.3, 0.4) is 0 Å². The van der Waals surface area contributed by atoms with Crippen LogP contribution in [0.5, 0.6) is 0 Å². The van der Waals surface area contributed by atoms with Crippen molar-refractivity contribution in [3.05, 3.63) is 35.9 Å². The van der Waals surface area contributed by atoms with Gasteiger partial charge < -0.3 is 15.4 Å². The molecule has 2 rings (SSSR count). The minimum atomic E-state index is -0.517. The van der Waals surface area contributed by atoms with E-state index in [-0.39, 0.29) is 24.5 Å². The predicted octanol–water partition coefficient (Wildman–Crippen LogP) is 2.65. The number of hydrogen-bond acceptors (Lipinski definition) is 6. The molecule has 0 bridgehead atoms. The highest BCUT2D eigenvalue weighted by atomic mass is 16.5. The summed E-state index contributed by atoms with van der Waals surface area (Å²) in [5.74, 6) is 0.667. The molecule has 2 amide bonds. The lowest BCUT2D eigenvalue weighted by molar-refractivity contribution is -0.120. The van der Waals surface area contributed by atoms with Gasteiger partial charge in [-0.3, -0.25) is 9.79 Å². The van der Waals surface area contributed by atoms with Crippen LogP contribution >= 0.6 is 0 Å². The average molecular weight is 359 g/mol. The lowest BCUT2D eigenvalue weighted by atomic mass is 10.1. The van der Waals surface area contributed by atoms with Gasteiger partial charge in [-0.05, 0) is 12.0 Å². The summed E-state index contributed by atoms with van der Waals surface area (Å²) in [6.45, 7) is 4.43. The van der Waals surface area contributed by atoms with Crippen LogP contribution in [0, 0.1) is 11.4 Å². The summed E-state index contributed by atoms with van der Waals surface area (Å²) in [6, 6.07) is 8.51. The first-order valence-corrected chi connectivity index (χ1v) is 8.69. The largest absolute Gasteiger partial charge is 0.445 e. The van der Waals surface area contributed by atoms with Gasteiger partial charge in [-0.1, -0.05) is 44.2 Å². The first kappa shape index (κ1) is 19.6. The van der Waals surface area contributed by atoms with Crippen molar-refractivity contribution in [1.82, 2.24) is 10.6 Å². The first-order chi connectivity index (χ1) is 12.5. The molecule has 1 aliphatic heterocycles. The molecule has 26 heavy (non-hydrogen) atoms. The van der Waals surface area contributed by atoms with Gasteiger partial charge in [-0.25, -0.2) is 10.3 Å². The van der Waals surface area contributed by atoms with Crippen LogP contribution in [0.1, 0.15) is 32.3 Å². The third-order valence-electron chi connectivity index (χ3n) is 4.03. The maximum absolute atomic E-state index is 11.9. The SMILES string of the molecule is CC(C)C1=NC(CC(CCNC(=O)OCc2ccccc2)N=N)C(=O)N1. The molecule has 2 atom stereocenters. The molecule has 3 N–H and O–H groups in total. The number of carbonyl (C=O) groups excluding carboxylic acids is 2. The van der Waals surface area contributed by atoms with Gasteiger partial charge >= 0.3 is 6.09 Å². The number of ether oxygens (including phenoxy) is 1. The first-order valence-electron chi connectivity index (χ1n) is 8.69. The summed E-state index contributed by atoms with van der Waals surface area (Å²) in [4.78, 5) is 28.0. The molecule has 0 saturated heterocycles. The Morgan fingerprint density at radius 2 is 2.12 bits per heavy atom. The van der Waals surface area contributed by atoms with Crippen molar-refractivity contribution in [3.8, 4) is 0 Å². The van der Waals surface area contributed by atoms with Gasteiger partial charge in [-0.15, -0.1) is 0 Å². The summed E-state index contributed by atoms with van der Waals surface area (Å²) in [5, 5.41) is 8.95. The molecule has 1 aromatic carbocycles. The van der Waals surface area contributed by atoms with E-state index in [0.717, 1.165) is 5.56 Å². The normalized spacial score (nSPS) is 17.4. The van der Waals surface area contributed by atoms with Crippen molar-refractivity contribution in [2.24, 2.45) is 16.0 Å². The molecule has 0 spiro atoms. The third-order valence-corrected chi connectivity index (χ3v) is 4.03. The van der Waals surface area contributed by atoms with Gasteiger partial charge in [0.05, 0.1) is 6.04 Å². The molecular weight excluding hydrogens is 334 g/mol. The molecule has 2 unspecified atom stereocenters. The molecule has 8 nitrogen and oxygen atoms in total. The minimum absolute atomic E-state index is 0.149. The van der Waals surface area contributed by atoms with E-state index in [1.807, 2.05) is 44.2 Å². The Morgan fingerprint density at radius 1 is 1.38 bits per heavy atom. The lowest BCUT2D eigenvalue weighted by Crippen LogP contribution is -2.33. The molecule has 1 aromatic rings. The Kier molecular flexibility index (Phi) is 7.25. The molecular formula is C18H25N5O3. The van der Waals surface area contributed by atoms with Crippen molar-refractivity contribution in [2.75, 3.05) is 6.54 Å². The molecule has 0 saturated carbocycles. The number of amidine groups is 1. The zero-order chi connectivity index (χ0) is 18.9. The molecule has 1 aliphatic rings. The van der Waals surface area contributed by atoms with E-state index in [2.05, 4.69) is 20.7 Å². The summed E-state index contributed by atoms with van der Waals surface area (Å²) < 4.78 is 5.12. The fraction of sp³-hybridized carbons (Fsp3) is 0.500. The van der Waals surface area contributed by atoms with Crippen molar-refractivity contribution in [3.63, 3.8) is 0 Å². The highest BCUT2D eigenvalue weighted by Gasteiger charge is 2.29. The second kappa shape index (κ2) is 9.65. The Labute approximate surface area is 152 Å². The predicted molar refractivity (Wildman–Crippen MR) is 97.0 cm³/mol. The molecule has 0 aliphatic carbocycles. The molecule has 1 heterocycles. The number of alkyl carbamates (subject to hydrolysis) is 1. The van der Waals surface area contributed by atoms with Crippen LogP contribution in [-0.2, 0) is 16.1 Å². The van der Waals surface area contributed by atoms with Gasteiger partial charge in [0.25, 0.3) is 0 Å². The highest BCUT2D eigenvalue weighted by molar-refractivity contribution is 6.06. The number of aliphatic imine (C=N–C) groups is 1. The summed E-state index contributed by atoms with van der Waals surface area (Å²) >= 11 is 0. The smallest absolute Gasteiger partial charge is 0.407 e. The number of amides is 2. The minimum Gasteiger partial charge on any atom is -0.445 e. The van der Waals surface area contributed by atoms with Gasteiger partial charge in [0.2, 0.25) is 5.91 Å². The fourth-order valence-electron chi connectivity index (χ4n) is 2.53. The van der Waals surface area contributed by atoms with Gasteiger partial charge in [0.1, 0.15) is 18.5 Å². The van der Waals surface area contributed by atoms with Crippen LogP contribution in [0.25, 0.3) is 0 Å². The fourth-order valence-corrected chi connectivity index (χ4v) is 2.53. The second-order valence-corrected chi connectivity index (χ2v) is 6.47. The van der Waals surface area contributed by atoms with Crippen molar-refractivity contribution in [1.29, 1.82) is 5.53 Å². The monoisotopic (exact) mass is 359 g/mol. The van der Waals surface area contributed by atoms with E-state index in [1.54, 1.807) is 0 Å². The van der Waals surface area contributed by atoms with Crippen molar-refractivity contribution >= 4 is 17.8 Å². The molecule has 0 aromatic heterocycles. The zero-order valence-corrected chi connectivity index (χ0v) is 15.1. The summed E-state index contributed by atoms with van der Waals surface area (Å²) in [5.41, 5.74) is 8.21. The molecule has 140 valence electrons. The Bertz CT molecular complexity index is 660. The standard InChI is InChI=1S/C18H25N5O3/c1-12(2)16-21-15(17(24)22-16)10-14(23-19)8-9-20-18(25)26-11-13-6-4-3-5-7-13/h3-7,12,14-15,19H,8-11H2,1-2H3,(H,20,25)(H,21,22,24). The van der Waals surface area contributed by atoms with Gasteiger partial charge in [0, 0.05) is 18.9 Å². The number of carbonyl (C=O) groups is 2. The average Bonchev–Trinajstić information content (AvgIpc) is 3.01. The lowest BCUT2D eigenvalue weighted by Gasteiger charge is -2.13. The van der Waals surface area contributed by atoms with E-state index < -0.39 is 12.1 Å². The van der Waals surface area contributed by atoms with Crippen LogP contribution < -0.4 is 10.6 Å². The van der Waals surface area contributed by atoms with E-state index in [9.17, 15) is 9.59 Å². The van der Waals surface area contributed by atoms with Crippen LogP contribution in [0.2, 0.25) is 0 Å². The number of nitrogens with one attached hydrogen (secondary N) is 3. The Balaban J connectivity index is 1.70. The maximum atomic E-state index is 11.9. The summed E-state index contributed by atoms with van der Waals surface area (Å²) in [7, 11) is 0. The zero-order valence-electron chi connectivity index (χ0n) is 15.1. The maximum Gasteiger partial charge on any atom is 0.407 e.